The Morgan fingerprint density at radius 3 is 2.57 bits per heavy atom. The number of phosphoric acid groups is 1. The van der Waals surface area contributed by atoms with Gasteiger partial charge in [0.2, 0.25) is 7.75 Å². The van der Waals surface area contributed by atoms with Crippen LogP contribution in [-0.2, 0) is 22.7 Å². The summed E-state index contributed by atoms with van der Waals surface area (Å²) >= 11 is 0. The van der Waals surface area contributed by atoms with Crippen LogP contribution in [0.3, 0.4) is 0 Å². The van der Waals surface area contributed by atoms with Gasteiger partial charge in [-0.25, -0.2) is 15.0 Å². The van der Waals surface area contributed by atoms with Gasteiger partial charge in [0.05, 0.1) is 12.9 Å². The molecule has 3 rings (SSSR count). The summed E-state index contributed by atoms with van der Waals surface area (Å²) in [6, 6.07) is 0. The minimum absolute atomic E-state index is 0. The zero-order chi connectivity index (χ0) is 20.0. The van der Waals surface area contributed by atoms with Crippen molar-refractivity contribution in [1.29, 1.82) is 0 Å². The summed E-state index contributed by atoms with van der Waals surface area (Å²) in [7, 11) is -10.4. The Kier molecular flexibility index (Phi) is 7.19. The molecule has 1 aliphatic rings. The normalized spacial score (nSPS) is 29.2. The molecule has 18 heteroatoms. The van der Waals surface area contributed by atoms with Crippen LogP contribution in [0.5, 0.6) is 0 Å². The number of ether oxygens (including phenoxy) is 1. The van der Waals surface area contributed by atoms with E-state index in [1.807, 2.05) is 0 Å². The maximum absolute atomic E-state index is 11.4. The molecule has 0 bridgehead atoms. The second kappa shape index (κ2) is 8.55. The first-order valence-corrected chi connectivity index (χ1v) is 10.3. The number of fused-ring (bicyclic) bond motifs is 1. The van der Waals surface area contributed by atoms with Crippen LogP contribution < -0.4 is 21.0 Å². The molecule has 6 unspecified atom stereocenters. The molecule has 0 saturated carbocycles. The van der Waals surface area contributed by atoms with Crippen LogP contribution in [0.1, 0.15) is 6.23 Å². The predicted molar refractivity (Wildman–Crippen MR) is 87.9 cm³/mol. The molecule has 0 aromatic carbocycles. The maximum Gasteiger partial charge on any atom is 2.00 e. The topological polar surface area (TPSA) is 244 Å². The maximum atomic E-state index is 11.4. The third-order valence-corrected chi connectivity index (χ3v) is 5.78. The van der Waals surface area contributed by atoms with E-state index in [-0.39, 0.29) is 40.0 Å². The molecule has 1 saturated heterocycles. The molecule has 0 radical (unpaired) electrons. The standard InChI is InChI=1S/C10H16N6O9P2.Mg/c11-8-5-9(14-2-13-8)16(3-15-5)10-7(18)6(17)4(24-10)1-23-27(21,22)25-26(12,19)20;/h2-4,6-7,10,17-18H,1H2,(H,21,22)(H2,11,13,14)(H3,12,19,20);/q;+2/p-2. The van der Waals surface area contributed by atoms with Crippen molar-refractivity contribution in [2.24, 2.45) is 5.50 Å². The number of hydrogen-bond donors (Lipinski definition) is 4. The Balaban J connectivity index is 0.00000280. The summed E-state index contributed by atoms with van der Waals surface area (Å²) in [4.78, 5) is 33.8. The molecule has 1 aliphatic heterocycles. The Morgan fingerprint density at radius 1 is 1.25 bits per heavy atom. The van der Waals surface area contributed by atoms with Gasteiger partial charge in [-0.2, -0.15) is 0 Å². The molecule has 3 heterocycles. The fourth-order valence-electron chi connectivity index (χ4n) is 2.48. The van der Waals surface area contributed by atoms with Crippen molar-refractivity contribution in [2.75, 3.05) is 12.3 Å². The Morgan fingerprint density at radius 2 is 1.93 bits per heavy atom. The summed E-state index contributed by atoms with van der Waals surface area (Å²) < 4.78 is 36.7. The van der Waals surface area contributed by atoms with Gasteiger partial charge in [-0.15, -0.1) is 0 Å². The molecule has 15 nitrogen and oxygen atoms in total. The summed E-state index contributed by atoms with van der Waals surface area (Å²) in [6.45, 7) is -0.848. The van der Waals surface area contributed by atoms with E-state index in [0.29, 0.717) is 0 Å². The summed E-state index contributed by atoms with van der Waals surface area (Å²) in [6.07, 6.45) is -3.25. The molecule has 6 N–H and O–H groups in total. The minimum atomic E-state index is -5.32. The molecule has 2 aromatic heterocycles. The van der Waals surface area contributed by atoms with Crippen molar-refractivity contribution >= 4 is 55.6 Å². The SMILES string of the molecule is Nc1ncnc2c1ncn2C1OC(COP(=O)([O-])OP(N)(=O)[O-])C(O)C1O.[Mg+2]. The summed E-state index contributed by atoms with van der Waals surface area (Å²) in [5.41, 5.74) is 10.6. The summed E-state index contributed by atoms with van der Waals surface area (Å²) in [5.74, 6) is 0.0833. The van der Waals surface area contributed by atoms with E-state index in [4.69, 9.17) is 10.5 Å². The number of aromatic nitrogens is 4. The van der Waals surface area contributed by atoms with Crippen molar-refractivity contribution in [3.63, 3.8) is 0 Å². The van der Waals surface area contributed by atoms with E-state index in [9.17, 15) is 29.1 Å². The van der Waals surface area contributed by atoms with Crippen molar-refractivity contribution in [1.82, 2.24) is 19.5 Å². The number of anilines is 1. The fraction of sp³-hybridized carbons (Fsp3) is 0.500. The average molecular weight is 449 g/mol. The molecular formula is C10H14MgN6O9P2. The second-order valence-corrected chi connectivity index (χ2v) is 8.38. The average Bonchev–Trinajstić information content (AvgIpc) is 3.07. The fourth-order valence-corrected chi connectivity index (χ4v) is 4.11. The van der Waals surface area contributed by atoms with Crippen molar-refractivity contribution in [3.8, 4) is 0 Å². The van der Waals surface area contributed by atoms with Crippen LogP contribution in [0.4, 0.5) is 5.82 Å². The van der Waals surface area contributed by atoms with Gasteiger partial charge in [-0.3, -0.25) is 23.5 Å². The van der Waals surface area contributed by atoms with Gasteiger partial charge < -0.3 is 35.0 Å². The van der Waals surface area contributed by atoms with Crippen LogP contribution in [0.2, 0.25) is 0 Å². The molecule has 28 heavy (non-hydrogen) atoms. The number of imidazole rings is 1. The Labute approximate surface area is 173 Å². The number of hydrogen-bond acceptors (Lipinski definition) is 13. The molecule has 150 valence electrons. The van der Waals surface area contributed by atoms with Gasteiger partial charge in [-0.1, -0.05) is 0 Å². The van der Waals surface area contributed by atoms with E-state index in [1.54, 1.807) is 0 Å². The van der Waals surface area contributed by atoms with Gasteiger partial charge in [0, 0.05) is 0 Å². The second-order valence-electron chi connectivity index (χ2n) is 5.49. The largest absolute Gasteiger partial charge is 2.00 e. The molecule has 1 fully saturated rings. The molecule has 2 aromatic rings. The zero-order valence-corrected chi connectivity index (χ0v) is 17.2. The van der Waals surface area contributed by atoms with Gasteiger partial charge >= 0.3 is 23.1 Å². The number of aliphatic hydroxyl groups excluding tert-OH is 2. The third-order valence-electron chi connectivity index (χ3n) is 3.61. The number of rotatable bonds is 6. The van der Waals surface area contributed by atoms with Gasteiger partial charge in [0.1, 0.15) is 30.2 Å². The van der Waals surface area contributed by atoms with Crippen LogP contribution in [0.15, 0.2) is 12.7 Å². The molecule has 6 atom stereocenters. The first-order chi connectivity index (χ1) is 12.5. The number of phosphoric ester groups is 1. The Hall–Kier alpha value is -0.744. The number of nitrogen functional groups attached to an aromatic ring is 1. The van der Waals surface area contributed by atoms with E-state index >= 15 is 0 Å². The number of aliphatic hydroxyl groups is 2. The van der Waals surface area contributed by atoms with Gasteiger partial charge in [0.25, 0.3) is 7.82 Å². The molecule has 0 spiro atoms. The minimum Gasteiger partial charge on any atom is -0.766 e. The quantitative estimate of drug-likeness (QED) is 0.248. The molecule has 0 aliphatic carbocycles. The van der Waals surface area contributed by atoms with E-state index in [0.717, 1.165) is 6.33 Å². The van der Waals surface area contributed by atoms with Crippen LogP contribution >= 0.6 is 15.6 Å². The predicted octanol–water partition coefficient (Wildman–Crippen LogP) is -3.42. The van der Waals surface area contributed by atoms with E-state index in [1.165, 1.54) is 10.9 Å². The van der Waals surface area contributed by atoms with Crippen molar-refractivity contribution in [2.45, 2.75) is 24.5 Å². The number of nitrogens with two attached hydrogens (primary N) is 2. The number of nitrogens with zero attached hydrogens (tertiary/aromatic N) is 4. The molecule has 0 amide bonds. The van der Waals surface area contributed by atoms with Crippen molar-refractivity contribution in [3.05, 3.63) is 12.7 Å². The van der Waals surface area contributed by atoms with Crippen LogP contribution in [-0.4, -0.2) is 77.7 Å². The van der Waals surface area contributed by atoms with E-state index in [2.05, 4.69) is 29.3 Å². The first kappa shape index (κ1) is 23.5. The van der Waals surface area contributed by atoms with E-state index < -0.39 is 46.7 Å². The molecular weight excluding hydrogens is 434 g/mol. The van der Waals surface area contributed by atoms with Crippen LogP contribution in [0, 0.1) is 0 Å². The Bertz CT molecular complexity index is 939. The van der Waals surface area contributed by atoms with Gasteiger partial charge in [-0.05, 0) is 0 Å². The third kappa shape index (κ3) is 5.05. The monoisotopic (exact) mass is 448 g/mol. The summed E-state index contributed by atoms with van der Waals surface area (Å²) in [5, 5.41) is 20.3. The first-order valence-electron chi connectivity index (χ1n) is 7.20. The van der Waals surface area contributed by atoms with Crippen molar-refractivity contribution < 1.29 is 42.7 Å². The zero-order valence-electron chi connectivity index (χ0n) is 14.0. The smallest absolute Gasteiger partial charge is 0.766 e. The van der Waals surface area contributed by atoms with Gasteiger partial charge in [0.15, 0.2) is 17.7 Å². The van der Waals surface area contributed by atoms with Crippen LogP contribution in [0.25, 0.3) is 11.2 Å².